The van der Waals surface area contributed by atoms with E-state index in [-0.39, 0.29) is 16.9 Å². The zero-order chi connectivity index (χ0) is 24.4. The average molecular weight is 487 g/mol. The van der Waals surface area contributed by atoms with Gasteiger partial charge in [-0.3, -0.25) is 9.59 Å². The van der Waals surface area contributed by atoms with Crippen molar-refractivity contribution in [3.63, 3.8) is 0 Å². The van der Waals surface area contributed by atoms with Gasteiger partial charge in [-0.15, -0.1) is 11.3 Å². The van der Waals surface area contributed by atoms with Gasteiger partial charge in [0.2, 0.25) is 0 Å². The van der Waals surface area contributed by atoms with Crippen molar-refractivity contribution in [3.8, 4) is 0 Å². The Morgan fingerprint density at radius 2 is 1.88 bits per heavy atom. The molecule has 0 unspecified atom stereocenters. The van der Waals surface area contributed by atoms with Crippen molar-refractivity contribution in [3.05, 3.63) is 47.1 Å². The van der Waals surface area contributed by atoms with E-state index in [0.717, 1.165) is 16.5 Å². The van der Waals surface area contributed by atoms with E-state index in [1.807, 2.05) is 24.3 Å². The number of aromatic nitrogens is 1. The quantitative estimate of drug-likeness (QED) is 0.231. The molecule has 0 aliphatic heterocycles. The summed E-state index contributed by atoms with van der Waals surface area (Å²) < 4.78 is 8.86. The molecule has 0 fully saturated rings. The van der Waals surface area contributed by atoms with Gasteiger partial charge < -0.3 is 25.4 Å². The molecule has 1 aromatic carbocycles. The normalized spacial score (nSPS) is 12.2. The maximum absolute atomic E-state index is 12.7. The van der Waals surface area contributed by atoms with Crippen LogP contribution >= 0.6 is 11.3 Å². The second-order valence-corrected chi connectivity index (χ2v) is 15.7. The van der Waals surface area contributed by atoms with E-state index in [1.165, 1.54) is 11.3 Å². The fourth-order valence-corrected chi connectivity index (χ4v) is 5.16. The summed E-state index contributed by atoms with van der Waals surface area (Å²) >= 11 is 1.41. The summed E-state index contributed by atoms with van der Waals surface area (Å²) in [6.45, 7) is 12.2. The van der Waals surface area contributed by atoms with Crippen molar-refractivity contribution >= 4 is 52.9 Å². The van der Waals surface area contributed by atoms with Crippen molar-refractivity contribution in [2.24, 2.45) is 7.05 Å². The summed E-state index contributed by atoms with van der Waals surface area (Å²) in [5.74, 6) is -0.391. The number of nitrogen functional groups attached to an aromatic ring is 1. The summed E-state index contributed by atoms with van der Waals surface area (Å²) in [5, 5.41) is 6.93. The van der Waals surface area contributed by atoms with E-state index < -0.39 is 8.32 Å². The fraction of sp³-hybridized carbons (Fsp3) is 0.417. The van der Waals surface area contributed by atoms with Gasteiger partial charge in [0.1, 0.15) is 5.69 Å². The third kappa shape index (κ3) is 6.04. The second-order valence-electron chi connectivity index (χ2n) is 9.81. The van der Waals surface area contributed by atoms with Gasteiger partial charge in [-0.2, -0.15) is 0 Å². The lowest BCUT2D eigenvalue weighted by Crippen LogP contribution is -2.41. The molecule has 178 valence electrons. The Hall–Kier alpha value is -2.62. The minimum Gasteiger partial charge on any atom is -0.417 e. The van der Waals surface area contributed by atoms with Crippen LogP contribution in [-0.4, -0.2) is 37.9 Å². The Morgan fingerprint density at radius 3 is 2.58 bits per heavy atom. The van der Waals surface area contributed by atoms with Gasteiger partial charge >= 0.3 is 0 Å². The molecule has 9 heteroatoms. The lowest BCUT2D eigenvalue weighted by atomic mass is 10.2. The van der Waals surface area contributed by atoms with Crippen LogP contribution in [-0.2, 0) is 11.5 Å². The number of thiophene rings is 1. The molecule has 2 heterocycles. The van der Waals surface area contributed by atoms with E-state index in [2.05, 4.69) is 44.5 Å². The Balaban J connectivity index is 1.53. The Morgan fingerprint density at radius 1 is 1.15 bits per heavy atom. The number of nitrogens with two attached hydrogens (primary N) is 1. The minimum atomic E-state index is -1.77. The molecule has 33 heavy (non-hydrogen) atoms. The number of nitrogens with zero attached hydrogens (tertiary/aromatic N) is 1. The summed E-state index contributed by atoms with van der Waals surface area (Å²) in [6, 6.07) is 9.10. The number of fused-ring (bicyclic) bond motifs is 1. The second kappa shape index (κ2) is 9.70. The Kier molecular flexibility index (Phi) is 7.35. The SMILES string of the molecule is Cn1cc(NC(=O)c2cc3cc(N)ccc3s2)cc1C(=O)NCCCO[Si](C)(C)C(C)(C)C. The first-order chi connectivity index (χ1) is 15.4. The van der Waals surface area contributed by atoms with Crippen molar-refractivity contribution in [1.29, 1.82) is 0 Å². The van der Waals surface area contributed by atoms with Crippen molar-refractivity contribution in [2.45, 2.75) is 45.3 Å². The molecule has 0 saturated heterocycles. The first kappa shape index (κ1) is 25.0. The van der Waals surface area contributed by atoms with Gasteiger partial charge in [0.15, 0.2) is 8.32 Å². The van der Waals surface area contributed by atoms with E-state index in [4.69, 9.17) is 10.2 Å². The number of carbonyl (C=O) groups excluding carboxylic acids is 2. The van der Waals surface area contributed by atoms with E-state index in [1.54, 1.807) is 23.9 Å². The smallest absolute Gasteiger partial charge is 0.267 e. The third-order valence-corrected chi connectivity index (χ3v) is 11.8. The van der Waals surface area contributed by atoms with Crippen LogP contribution in [0.1, 0.15) is 47.4 Å². The molecule has 0 aliphatic rings. The minimum absolute atomic E-state index is 0.170. The molecule has 0 spiro atoms. The van der Waals surface area contributed by atoms with Crippen molar-refractivity contribution in [1.82, 2.24) is 9.88 Å². The molecule has 3 rings (SSSR count). The number of aryl methyl sites for hydroxylation is 1. The standard InChI is InChI=1S/C24H34N4O3SSi/c1-24(2,3)33(5,6)31-11-7-10-26-22(29)19-14-18(15-28(19)4)27-23(30)21-13-16-12-17(25)8-9-20(16)32-21/h8-9,12-15H,7,10-11,25H2,1-6H3,(H,26,29)(H,27,30). The van der Waals surface area contributed by atoms with Crippen LogP contribution in [0.25, 0.3) is 10.1 Å². The highest BCUT2D eigenvalue weighted by molar-refractivity contribution is 7.20. The lowest BCUT2D eigenvalue weighted by molar-refractivity contribution is 0.0942. The first-order valence-electron chi connectivity index (χ1n) is 11.1. The van der Waals surface area contributed by atoms with Crippen molar-refractivity contribution in [2.75, 3.05) is 24.2 Å². The van der Waals surface area contributed by atoms with Crippen molar-refractivity contribution < 1.29 is 14.0 Å². The first-order valence-corrected chi connectivity index (χ1v) is 14.8. The highest BCUT2D eigenvalue weighted by Gasteiger charge is 2.36. The molecule has 7 nitrogen and oxygen atoms in total. The zero-order valence-corrected chi connectivity index (χ0v) is 22.1. The van der Waals surface area contributed by atoms with Crippen LogP contribution in [0, 0.1) is 0 Å². The largest absolute Gasteiger partial charge is 0.417 e. The molecule has 4 N–H and O–H groups in total. The third-order valence-electron chi connectivity index (χ3n) is 6.14. The van der Waals surface area contributed by atoms with E-state index in [9.17, 15) is 9.59 Å². The molecule has 3 aromatic rings. The summed E-state index contributed by atoms with van der Waals surface area (Å²) in [5.41, 5.74) is 7.55. The predicted molar refractivity (Wildman–Crippen MR) is 140 cm³/mol. The molecule has 0 radical (unpaired) electrons. The van der Waals surface area contributed by atoms with E-state index in [0.29, 0.717) is 35.1 Å². The predicted octanol–water partition coefficient (Wildman–Crippen LogP) is 5.22. The highest BCUT2D eigenvalue weighted by atomic mass is 32.1. The van der Waals surface area contributed by atoms with Gasteiger partial charge in [-0.05, 0) is 60.3 Å². The number of carbonyl (C=O) groups is 2. The number of hydrogen-bond donors (Lipinski definition) is 3. The number of amides is 2. The van der Waals surface area contributed by atoms with Crippen LogP contribution in [0.3, 0.4) is 0 Å². The summed E-state index contributed by atoms with van der Waals surface area (Å²) in [6.07, 6.45) is 2.49. The van der Waals surface area contributed by atoms with Crippen LogP contribution in [0.5, 0.6) is 0 Å². The molecular weight excluding hydrogens is 452 g/mol. The van der Waals surface area contributed by atoms with Crippen LogP contribution in [0.15, 0.2) is 36.5 Å². The number of rotatable bonds is 8. The molecule has 0 aliphatic carbocycles. The van der Waals surface area contributed by atoms with Crippen LogP contribution in [0.2, 0.25) is 18.1 Å². The maximum atomic E-state index is 12.7. The molecule has 2 amide bonds. The topological polar surface area (TPSA) is 98.4 Å². The molecule has 0 atom stereocenters. The number of benzene rings is 1. The monoisotopic (exact) mass is 486 g/mol. The molecule has 0 saturated carbocycles. The average Bonchev–Trinajstić information content (AvgIpc) is 3.29. The van der Waals surface area contributed by atoms with Crippen LogP contribution < -0.4 is 16.4 Å². The maximum Gasteiger partial charge on any atom is 0.267 e. The number of hydrogen-bond acceptors (Lipinski definition) is 5. The number of anilines is 2. The summed E-state index contributed by atoms with van der Waals surface area (Å²) in [7, 11) is 0.0133. The molecule has 2 aromatic heterocycles. The molecular formula is C24H34N4O3SSi. The van der Waals surface area contributed by atoms with Gasteiger partial charge in [-0.1, -0.05) is 20.8 Å². The number of nitrogens with one attached hydrogen (secondary N) is 2. The van der Waals surface area contributed by atoms with Gasteiger partial charge in [0.25, 0.3) is 11.8 Å². The zero-order valence-electron chi connectivity index (χ0n) is 20.2. The van der Waals surface area contributed by atoms with Crippen LogP contribution in [0.4, 0.5) is 11.4 Å². The Bertz CT molecular complexity index is 1160. The summed E-state index contributed by atoms with van der Waals surface area (Å²) in [4.78, 5) is 25.9. The van der Waals surface area contributed by atoms with E-state index >= 15 is 0 Å². The Labute approximate surface area is 200 Å². The fourth-order valence-electron chi connectivity index (χ4n) is 3.13. The van der Waals surface area contributed by atoms with Gasteiger partial charge in [0.05, 0.1) is 10.6 Å². The van der Waals surface area contributed by atoms with Gasteiger partial charge in [0, 0.05) is 36.8 Å². The molecule has 0 bridgehead atoms. The lowest BCUT2D eigenvalue weighted by Gasteiger charge is -2.36. The van der Waals surface area contributed by atoms with Gasteiger partial charge in [-0.25, -0.2) is 0 Å². The highest BCUT2D eigenvalue weighted by Crippen LogP contribution is 2.36.